The molecule has 0 saturated carbocycles. The van der Waals surface area contributed by atoms with Crippen LogP contribution in [0.4, 0.5) is 11.4 Å². The molecule has 0 aromatic heterocycles. The number of hydrogen-bond donors (Lipinski definition) is 1. The van der Waals surface area contributed by atoms with E-state index in [0.29, 0.717) is 22.7 Å². The van der Waals surface area contributed by atoms with Crippen molar-refractivity contribution in [2.24, 2.45) is 0 Å². The third kappa shape index (κ3) is 4.49. The molecule has 5 nitrogen and oxygen atoms in total. The second kappa shape index (κ2) is 8.15. The predicted molar refractivity (Wildman–Crippen MR) is 102 cm³/mol. The molecule has 0 unspecified atom stereocenters. The van der Waals surface area contributed by atoms with E-state index in [1.54, 1.807) is 41.3 Å². The van der Waals surface area contributed by atoms with Gasteiger partial charge >= 0.3 is 0 Å². The molecule has 0 radical (unpaired) electrons. The second-order valence-electron chi connectivity index (χ2n) is 6.17. The minimum absolute atomic E-state index is 0.0975. The van der Waals surface area contributed by atoms with Gasteiger partial charge in [0.2, 0.25) is 11.8 Å². The maximum Gasteiger partial charge on any atom is 0.227 e. The number of nitrogens with one attached hydrogen (secondary N) is 1. The normalized spacial score (nSPS) is 13.7. The SMILES string of the molecule is O=C(CCC(=O)c1ccc(Cl)cc1)Nc1ccc(N2CCCC2=O)cc1. The van der Waals surface area contributed by atoms with Gasteiger partial charge in [-0.2, -0.15) is 0 Å². The standard InChI is InChI=1S/C20H19ClN2O3/c21-15-5-3-14(4-6-15)18(24)11-12-19(25)22-16-7-9-17(10-8-16)23-13-1-2-20(23)26/h3-10H,1-2,11-13H2,(H,22,25). The van der Waals surface area contributed by atoms with E-state index in [2.05, 4.69) is 5.32 Å². The monoisotopic (exact) mass is 370 g/mol. The van der Waals surface area contributed by atoms with Gasteiger partial charge in [-0.3, -0.25) is 14.4 Å². The van der Waals surface area contributed by atoms with Crippen molar-refractivity contribution in [3.8, 4) is 0 Å². The zero-order valence-electron chi connectivity index (χ0n) is 14.2. The summed E-state index contributed by atoms with van der Waals surface area (Å²) in [7, 11) is 0. The molecule has 1 aliphatic rings. The van der Waals surface area contributed by atoms with Crippen molar-refractivity contribution in [1.29, 1.82) is 0 Å². The van der Waals surface area contributed by atoms with Crippen LogP contribution in [-0.2, 0) is 9.59 Å². The first-order chi connectivity index (χ1) is 12.5. The Hall–Kier alpha value is -2.66. The lowest BCUT2D eigenvalue weighted by Gasteiger charge is -2.16. The summed E-state index contributed by atoms with van der Waals surface area (Å²) in [6.07, 6.45) is 1.70. The van der Waals surface area contributed by atoms with Crippen LogP contribution in [0.15, 0.2) is 48.5 Å². The highest BCUT2D eigenvalue weighted by molar-refractivity contribution is 6.30. The summed E-state index contributed by atoms with van der Waals surface area (Å²) in [5.41, 5.74) is 2.02. The molecule has 0 aliphatic carbocycles. The van der Waals surface area contributed by atoms with Crippen molar-refractivity contribution in [1.82, 2.24) is 0 Å². The first kappa shape index (κ1) is 18.1. The van der Waals surface area contributed by atoms with Gasteiger partial charge in [0.05, 0.1) is 0 Å². The van der Waals surface area contributed by atoms with E-state index in [9.17, 15) is 14.4 Å². The molecule has 134 valence electrons. The van der Waals surface area contributed by atoms with E-state index in [1.807, 2.05) is 12.1 Å². The van der Waals surface area contributed by atoms with Gasteiger partial charge in [-0.25, -0.2) is 0 Å². The number of benzene rings is 2. The molecule has 1 aliphatic heterocycles. The Kier molecular flexibility index (Phi) is 5.68. The number of nitrogens with zero attached hydrogens (tertiary/aromatic N) is 1. The molecule has 3 rings (SSSR count). The summed E-state index contributed by atoms with van der Waals surface area (Å²) >= 11 is 5.80. The van der Waals surface area contributed by atoms with Crippen LogP contribution in [0.5, 0.6) is 0 Å². The number of Topliss-reactive ketones (excluding diaryl/α,β-unsaturated/α-hetero) is 1. The summed E-state index contributed by atoms with van der Waals surface area (Å²) in [5.74, 6) is -0.195. The molecule has 1 heterocycles. The molecule has 1 N–H and O–H groups in total. The van der Waals surface area contributed by atoms with Gasteiger partial charge in [0, 0.05) is 47.8 Å². The van der Waals surface area contributed by atoms with Gasteiger partial charge in [0.25, 0.3) is 0 Å². The minimum atomic E-state index is -0.225. The third-order valence-corrected chi connectivity index (χ3v) is 4.53. The van der Waals surface area contributed by atoms with E-state index >= 15 is 0 Å². The van der Waals surface area contributed by atoms with Crippen molar-refractivity contribution in [3.63, 3.8) is 0 Å². The number of carbonyl (C=O) groups is 3. The summed E-state index contributed by atoms with van der Waals surface area (Å²) in [6.45, 7) is 0.733. The summed E-state index contributed by atoms with van der Waals surface area (Å²) in [4.78, 5) is 37.6. The largest absolute Gasteiger partial charge is 0.326 e. The van der Waals surface area contributed by atoms with Crippen molar-refractivity contribution >= 4 is 40.6 Å². The molecule has 2 aromatic carbocycles. The Morgan fingerprint density at radius 1 is 1.00 bits per heavy atom. The van der Waals surface area contributed by atoms with Crippen LogP contribution < -0.4 is 10.2 Å². The maximum absolute atomic E-state index is 12.1. The molecule has 1 saturated heterocycles. The quantitative estimate of drug-likeness (QED) is 0.779. The van der Waals surface area contributed by atoms with Crippen LogP contribution in [0.2, 0.25) is 5.02 Å². The average Bonchev–Trinajstić information content (AvgIpc) is 3.07. The number of halogens is 1. The van der Waals surface area contributed by atoms with Crippen LogP contribution in [0.1, 0.15) is 36.0 Å². The fourth-order valence-corrected chi connectivity index (χ4v) is 3.00. The highest BCUT2D eigenvalue weighted by Crippen LogP contribution is 2.23. The second-order valence-corrected chi connectivity index (χ2v) is 6.61. The minimum Gasteiger partial charge on any atom is -0.326 e. The molecular weight excluding hydrogens is 352 g/mol. The number of rotatable bonds is 6. The Bertz CT molecular complexity index is 816. The molecule has 2 aromatic rings. The number of anilines is 2. The number of ketones is 1. The van der Waals surface area contributed by atoms with Crippen LogP contribution in [0, 0.1) is 0 Å². The maximum atomic E-state index is 12.1. The highest BCUT2D eigenvalue weighted by Gasteiger charge is 2.21. The lowest BCUT2D eigenvalue weighted by Crippen LogP contribution is -2.23. The predicted octanol–water partition coefficient (Wildman–Crippen LogP) is 4.07. The third-order valence-electron chi connectivity index (χ3n) is 4.28. The van der Waals surface area contributed by atoms with E-state index < -0.39 is 0 Å². The lowest BCUT2D eigenvalue weighted by molar-refractivity contribution is -0.117. The Morgan fingerprint density at radius 2 is 1.69 bits per heavy atom. The molecule has 0 spiro atoms. The Labute approximate surface area is 156 Å². The van der Waals surface area contributed by atoms with Gasteiger partial charge in [-0.15, -0.1) is 0 Å². The van der Waals surface area contributed by atoms with E-state index in [0.717, 1.165) is 18.7 Å². The molecule has 0 bridgehead atoms. The first-order valence-electron chi connectivity index (χ1n) is 8.52. The van der Waals surface area contributed by atoms with Gasteiger partial charge in [0.15, 0.2) is 5.78 Å². The topological polar surface area (TPSA) is 66.5 Å². The van der Waals surface area contributed by atoms with Crippen LogP contribution >= 0.6 is 11.6 Å². The Balaban J connectivity index is 1.50. The van der Waals surface area contributed by atoms with Gasteiger partial charge in [-0.1, -0.05) is 11.6 Å². The summed E-state index contributed by atoms with van der Waals surface area (Å²) < 4.78 is 0. The van der Waals surface area contributed by atoms with E-state index in [-0.39, 0.29) is 30.4 Å². The van der Waals surface area contributed by atoms with Gasteiger partial charge < -0.3 is 10.2 Å². The number of amides is 2. The fourth-order valence-electron chi connectivity index (χ4n) is 2.88. The Morgan fingerprint density at radius 3 is 2.31 bits per heavy atom. The lowest BCUT2D eigenvalue weighted by atomic mass is 10.1. The number of carbonyl (C=O) groups excluding carboxylic acids is 3. The zero-order valence-corrected chi connectivity index (χ0v) is 15.0. The van der Waals surface area contributed by atoms with Crippen molar-refractivity contribution in [3.05, 3.63) is 59.1 Å². The summed E-state index contributed by atoms with van der Waals surface area (Å²) in [5, 5.41) is 3.34. The van der Waals surface area contributed by atoms with Crippen LogP contribution in [-0.4, -0.2) is 24.1 Å². The smallest absolute Gasteiger partial charge is 0.227 e. The van der Waals surface area contributed by atoms with Crippen LogP contribution in [0.25, 0.3) is 0 Å². The molecule has 2 amide bonds. The van der Waals surface area contributed by atoms with Gasteiger partial charge in [0.1, 0.15) is 0 Å². The summed E-state index contributed by atoms with van der Waals surface area (Å²) in [6, 6.07) is 13.8. The average molecular weight is 371 g/mol. The number of hydrogen-bond acceptors (Lipinski definition) is 3. The van der Waals surface area contributed by atoms with Crippen molar-refractivity contribution in [2.45, 2.75) is 25.7 Å². The van der Waals surface area contributed by atoms with Gasteiger partial charge in [-0.05, 0) is 55.0 Å². The molecule has 6 heteroatoms. The first-order valence-corrected chi connectivity index (χ1v) is 8.90. The molecule has 1 fully saturated rings. The van der Waals surface area contributed by atoms with E-state index in [1.165, 1.54) is 0 Å². The van der Waals surface area contributed by atoms with Crippen LogP contribution in [0.3, 0.4) is 0 Å². The zero-order chi connectivity index (χ0) is 18.5. The molecule has 0 atom stereocenters. The molecule has 26 heavy (non-hydrogen) atoms. The fraction of sp³-hybridized carbons (Fsp3) is 0.250. The molecular formula is C20H19ClN2O3. The van der Waals surface area contributed by atoms with E-state index in [4.69, 9.17) is 11.6 Å². The highest BCUT2D eigenvalue weighted by atomic mass is 35.5. The van der Waals surface area contributed by atoms with Crippen molar-refractivity contribution in [2.75, 3.05) is 16.8 Å². The van der Waals surface area contributed by atoms with Crippen molar-refractivity contribution < 1.29 is 14.4 Å².